The van der Waals surface area contributed by atoms with E-state index in [0.29, 0.717) is 29.7 Å². The zero-order valence-electron chi connectivity index (χ0n) is 13.3. The van der Waals surface area contributed by atoms with Crippen molar-refractivity contribution in [2.75, 3.05) is 11.9 Å². The lowest BCUT2D eigenvalue weighted by Gasteiger charge is -2.10. The van der Waals surface area contributed by atoms with E-state index in [2.05, 4.69) is 22.6 Å². The summed E-state index contributed by atoms with van der Waals surface area (Å²) in [6.07, 6.45) is 6.76. The van der Waals surface area contributed by atoms with Gasteiger partial charge in [0.25, 0.3) is 0 Å². The van der Waals surface area contributed by atoms with Gasteiger partial charge in [-0.15, -0.1) is 0 Å². The van der Waals surface area contributed by atoms with Gasteiger partial charge in [0.15, 0.2) is 0 Å². The lowest BCUT2D eigenvalue weighted by molar-refractivity contribution is -0.116. The standard InChI is InChI=1S/C18H20ClN3O2/c19-15-7-5-14(6-8-15)16-12-17(22(21-16)9-10-23)20-18(24)11-13-3-1-2-4-13/h1,3,5-8,12-13,23H,2,4,9-11H2,(H,20,24). The number of halogens is 1. The van der Waals surface area contributed by atoms with Crippen molar-refractivity contribution in [1.82, 2.24) is 9.78 Å². The molecule has 126 valence electrons. The molecule has 2 N–H and O–H groups in total. The Kier molecular flexibility index (Phi) is 5.33. The normalized spacial score (nSPS) is 16.5. The van der Waals surface area contributed by atoms with Crippen LogP contribution >= 0.6 is 11.6 Å². The molecule has 3 rings (SSSR count). The van der Waals surface area contributed by atoms with E-state index in [9.17, 15) is 9.90 Å². The summed E-state index contributed by atoms with van der Waals surface area (Å²) in [5.41, 5.74) is 1.64. The fourth-order valence-electron chi connectivity index (χ4n) is 2.84. The van der Waals surface area contributed by atoms with Crippen LogP contribution in [0.1, 0.15) is 19.3 Å². The number of benzene rings is 1. The average Bonchev–Trinajstić information content (AvgIpc) is 3.19. The van der Waals surface area contributed by atoms with E-state index in [-0.39, 0.29) is 12.5 Å². The molecule has 0 radical (unpaired) electrons. The number of hydrogen-bond acceptors (Lipinski definition) is 3. The number of rotatable bonds is 6. The summed E-state index contributed by atoms with van der Waals surface area (Å²) >= 11 is 5.91. The summed E-state index contributed by atoms with van der Waals surface area (Å²) in [6, 6.07) is 9.17. The SMILES string of the molecule is O=C(CC1C=CCC1)Nc1cc(-c2ccc(Cl)cc2)nn1CCO. The number of carbonyl (C=O) groups is 1. The number of amides is 1. The molecule has 0 aliphatic heterocycles. The van der Waals surface area contributed by atoms with E-state index in [1.807, 2.05) is 18.2 Å². The first-order valence-electron chi connectivity index (χ1n) is 8.07. The molecule has 1 amide bonds. The number of aliphatic hydroxyl groups excluding tert-OH is 1. The highest BCUT2D eigenvalue weighted by atomic mass is 35.5. The van der Waals surface area contributed by atoms with Crippen molar-refractivity contribution in [3.8, 4) is 11.3 Å². The molecule has 0 bridgehead atoms. The molecule has 0 saturated carbocycles. The van der Waals surface area contributed by atoms with Gasteiger partial charge < -0.3 is 10.4 Å². The quantitative estimate of drug-likeness (QED) is 0.787. The molecule has 6 heteroatoms. The molecule has 2 aromatic rings. The van der Waals surface area contributed by atoms with Gasteiger partial charge >= 0.3 is 0 Å². The predicted octanol–water partition coefficient (Wildman–Crippen LogP) is 3.49. The van der Waals surface area contributed by atoms with Crippen molar-refractivity contribution in [3.05, 3.63) is 47.5 Å². The maximum atomic E-state index is 12.2. The first-order valence-corrected chi connectivity index (χ1v) is 8.44. The number of carbonyl (C=O) groups excluding carboxylic acids is 1. The highest BCUT2D eigenvalue weighted by molar-refractivity contribution is 6.30. The maximum absolute atomic E-state index is 12.2. The Morgan fingerprint density at radius 2 is 2.17 bits per heavy atom. The highest BCUT2D eigenvalue weighted by Crippen LogP contribution is 2.25. The lowest BCUT2D eigenvalue weighted by Crippen LogP contribution is -2.18. The van der Waals surface area contributed by atoms with Gasteiger partial charge in [-0.1, -0.05) is 35.9 Å². The number of allylic oxidation sites excluding steroid dienone is 2. The van der Waals surface area contributed by atoms with E-state index < -0.39 is 0 Å². The maximum Gasteiger partial charge on any atom is 0.226 e. The minimum absolute atomic E-state index is 0.0340. The Hall–Kier alpha value is -2.11. The van der Waals surface area contributed by atoms with Crippen LogP contribution in [0.25, 0.3) is 11.3 Å². The van der Waals surface area contributed by atoms with Crippen LogP contribution in [-0.4, -0.2) is 27.4 Å². The summed E-state index contributed by atoms with van der Waals surface area (Å²) in [6.45, 7) is 0.280. The third-order valence-corrected chi connectivity index (χ3v) is 4.31. The molecule has 1 aromatic heterocycles. The van der Waals surface area contributed by atoms with Gasteiger partial charge in [0.2, 0.25) is 5.91 Å². The molecular weight excluding hydrogens is 326 g/mol. The Morgan fingerprint density at radius 1 is 1.38 bits per heavy atom. The molecule has 0 fully saturated rings. The fraction of sp³-hybridized carbons (Fsp3) is 0.333. The van der Waals surface area contributed by atoms with Crippen LogP contribution in [0.15, 0.2) is 42.5 Å². The highest BCUT2D eigenvalue weighted by Gasteiger charge is 2.16. The van der Waals surface area contributed by atoms with E-state index in [0.717, 1.165) is 24.1 Å². The number of nitrogens with zero attached hydrogens (tertiary/aromatic N) is 2. The third-order valence-electron chi connectivity index (χ3n) is 4.06. The van der Waals surface area contributed by atoms with Gasteiger partial charge in [-0.2, -0.15) is 5.10 Å². The number of anilines is 1. The van der Waals surface area contributed by atoms with E-state index >= 15 is 0 Å². The smallest absolute Gasteiger partial charge is 0.226 e. The van der Waals surface area contributed by atoms with E-state index in [1.54, 1.807) is 16.8 Å². The van der Waals surface area contributed by atoms with Crippen LogP contribution in [-0.2, 0) is 11.3 Å². The van der Waals surface area contributed by atoms with Gasteiger partial charge in [0.05, 0.1) is 18.8 Å². The van der Waals surface area contributed by atoms with Crippen molar-refractivity contribution < 1.29 is 9.90 Å². The molecule has 1 heterocycles. The Morgan fingerprint density at radius 3 is 2.83 bits per heavy atom. The van der Waals surface area contributed by atoms with Crippen LogP contribution < -0.4 is 5.32 Å². The second-order valence-corrected chi connectivity index (χ2v) is 6.32. The van der Waals surface area contributed by atoms with Crippen molar-refractivity contribution in [3.63, 3.8) is 0 Å². The van der Waals surface area contributed by atoms with Crippen molar-refractivity contribution in [2.24, 2.45) is 5.92 Å². The summed E-state index contributed by atoms with van der Waals surface area (Å²) in [4.78, 5) is 12.2. The minimum Gasteiger partial charge on any atom is -0.394 e. The number of aromatic nitrogens is 2. The van der Waals surface area contributed by atoms with Crippen LogP contribution in [0.5, 0.6) is 0 Å². The molecule has 0 spiro atoms. The van der Waals surface area contributed by atoms with Gasteiger partial charge in [-0.05, 0) is 30.9 Å². The van der Waals surface area contributed by atoms with Crippen LogP contribution in [0.2, 0.25) is 5.02 Å². The Labute approximate surface area is 145 Å². The summed E-state index contributed by atoms with van der Waals surface area (Å²) in [5, 5.41) is 17.3. The monoisotopic (exact) mass is 345 g/mol. The Balaban J connectivity index is 1.76. The summed E-state index contributed by atoms with van der Waals surface area (Å²) in [5.74, 6) is 0.879. The molecule has 1 aliphatic carbocycles. The summed E-state index contributed by atoms with van der Waals surface area (Å²) < 4.78 is 1.62. The van der Waals surface area contributed by atoms with Crippen LogP contribution in [0.3, 0.4) is 0 Å². The van der Waals surface area contributed by atoms with Crippen LogP contribution in [0.4, 0.5) is 5.82 Å². The van der Waals surface area contributed by atoms with Gasteiger partial charge in [0.1, 0.15) is 5.82 Å². The molecule has 1 atom stereocenters. The van der Waals surface area contributed by atoms with E-state index in [1.165, 1.54) is 0 Å². The second kappa shape index (κ2) is 7.64. The fourth-order valence-corrected chi connectivity index (χ4v) is 2.97. The zero-order chi connectivity index (χ0) is 16.9. The van der Waals surface area contributed by atoms with Crippen molar-refractivity contribution in [2.45, 2.75) is 25.8 Å². The largest absolute Gasteiger partial charge is 0.394 e. The molecule has 1 aromatic carbocycles. The van der Waals surface area contributed by atoms with Gasteiger partial charge in [-0.3, -0.25) is 4.79 Å². The molecular formula is C18H20ClN3O2. The zero-order valence-corrected chi connectivity index (χ0v) is 14.0. The number of aliphatic hydroxyl groups is 1. The Bertz CT molecular complexity index is 737. The first kappa shape index (κ1) is 16.7. The number of hydrogen-bond donors (Lipinski definition) is 2. The average molecular weight is 346 g/mol. The van der Waals surface area contributed by atoms with Crippen molar-refractivity contribution in [1.29, 1.82) is 0 Å². The van der Waals surface area contributed by atoms with Crippen molar-refractivity contribution >= 4 is 23.3 Å². The lowest BCUT2D eigenvalue weighted by atomic mass is 10.1. The van der Waals surface area contributed by atoms with E-state index in [4.69, 9.17) is 11.6 Å². The predicted molar refractivity (Wildman–Crippen MR) is 94.9 cm³/mol. The van der Waals surface area contributed by atoms with Gasteiger partial charge in [-0.25, -0.2) is 4.68 Å². The summed E-state index contributed by atoms with van der Waals surface area (Å²) in [7, 11) is 0. The molecule has 1 unspecified atom stereocenters. The molecule has 24 heavy (non-hydrogen) atoms. The molecule has 5 nitrogen and oxygen atoms in total. The van der Waals surface area contributed by atoms with Crippen LogP contribution in [0, 0.1) is 5.92 Å². The second-order valence-electron chi connectivity index (χ2n) is 5.89. The molecule has 0 saturated heterocycles. The minimum atomic E-state index is -0.0457. The molecule has 1 aliphatic rings. The number of nitrogens with one attached hydrogen (secondary N) is 1. The topological polar surface area (TPSA) is 67.2 Å². The first-order chi connectivity index (χ1) is 11.7. The van der Waals surface area contributed by atoms with Gasteiger partial charge in [0, 0.05) is 23.1 Å². The third kappa shape index (κ3) is 4.04.